The monoisotopic (exact) mass is 452 g/mol. The molecule has 1 N–H and O–H groups in total. The molecule has 6 nitrogen and oxygen atoms in total. The largest absolute Gasteiger partial charge is 0.484 e. The molecule has 0 aromatic heterocycles. The summed E-state index contributed by atoms with van der Waals surface area (Å²) in [6.07, 6.45) is 1.48. The Morgan fingerprint density at radius 1 is 0.853 bits per heavy atom. The van der Waals surface area contributed by atoms with Gasteiger partial charge in [0.25, 0.3) is 5.91 Å². The van der Waals surface area contributed by atoms with Crippen molar-refractivity contribution in [3.63, 3.8) is 0 Å². The van der Waals surface area contributed by atoms with Crippen LogP contribution in [-0.4, -0.2) is 24.7 Å². The molecule has 0 bridgehead atoms. The SMILES string of the molecule is Cc1ccc(OCC(=O)N/N=C/c2c(OC(=O)c3ccc(C)cc3)ccc3ccccc23)cc1. The Labute approximate surface area is 197 Å². The van der Waals surface area contributed by atoms with E-state index in [1.807, 2.05) is 68.4 Å². The summed E-state index contributed by atoms with van der Waals surface area (Å²) in [6, 6.07) is 25.8. The zero-order chi connectivity index (χ0) is 23.9. The molecule has 6 heteroatoms. The number of ether oxygens (including phenoxy) is 2. The van der Waals surface area contributed by atoms with Crippen molar-refractivity contribution in [3.8, 4) is 11.5 Å². The number of rotatable bonds is 7. The average Bonchev–Trinajstić information content (AvgIpc) is 2.85. The summed E-state index contributed by atoms with van der Waals surface area (Å²) in [5.74, 6) is 0.0676. The van der Waals surface area contributed by atoms with Crippen molar-refractivity contribution in [1.82, 2.24) is 5.43 Å². The first kappa shape index (κ1) is 22.7. The molecule has 0 unspecified atom stereocenters. The molecule has 0 heterocycles. The number of hydrogen-bond acceptors (Lipinski definition) is 5. The Balaban J connectivity index is 1.50. The zero-order valence-electron chi connectivity index (χ0n) is 18.9. The number of hydrazone groups is 1. The highest BCUT2D eigenvalue weighted by molar-refractivity contribution is 6.04. The van der Waals surface area contributed by atoms with Gasteiger partial charge in [-0.15, -0.1) is 0 Å². The lowest BCUT2D eigenvalue weighted by atomic mass is 10.0. The lowest BCUT2D eigenvalue weighted by molar-refractivity contribution is -0.123. The molecule has 4 rings (SSSR count). The number of aryl methyl sites for hydroxylation is 2. The van der Waals surface area contributed by atoms with Gasteiger partial charge in [-0.25, -0.2) is 10.2 Å². The molecule has 0 fully saturated rings. The molecule has 0 radical (unpaired) electrons. The molecule has 0 atom stereocenters. The molecule has 0 spiro atoms. The number of esters is 1. The molecule has 0 saturated heterocycles. The number of fused-ring (bicyclic) bond motifs is 1. The minimum atomic E-state index is -0.472. The van der Waals surface area contributed by atoms with Gasteiger partial charge in [0.15, 0.2) is 6.61 Å². The topological polar surface area (TPSA) is 77.0 Å². The second kappa shape index (κ2) is 10.4. The van der Waals surface area contributed by atoms with Crippen LogP contribution in [0.2, 0.25) is 0 Å². The zero-order valence-corrected chi connectivity index (χ0v) is 18.9. The molecule has 170 valence electrons. The van der Waals surface area contributed by atoms with Gasteiger partial charge in [-0.05, 0) is 55.0 Å². The Hall–Kier alpha value is -4.45. The Morgan fingerprint density at radius 2 is 1.53 bits per heavy atom. The van der Waals surface area contributed by atoms with Crippen molar-refractivity contribution in [3.05, 3.63) is 107 Å². The van der Waals surface area contributed by atoms with E-state index < -0.39 is 11.9 Å². The van der Waals surface area contributed by atoms with Crippen molar-refractivity contribution in [2.24, 2.45) is 5.10 Å². The summed E-state index contributed by atoms with van der Waals surface area (Å²) in [6.45, 7) is 3.75. The van der Waals surface area contributed by atoms with Crippen molar-refractivity contribution in [2.75, 3.05) is 6.61 Å². The quantitative estimate of drug-likeness (QED) is 0.181. The van der Waals surface area contributed by atoms with Crippen molar-refractivity contribution in [1.29, 1.82) is 0 Å². The van der Waals surface area contributed by atoms with Crippen LogP contribution in [0.3, 0.4) is 0 Å². The van der Waals surface area contributed by atoms with Crippen LogP contribution in [0.1, 0.15) is 27.0 Å². The highest BCUT2D eigenvalue weighted by Crippen LogP contribution is 2.27. The van der Waals surface area contributed by atoms with Crippen LogP contribution >= 0.6 is 0 Å². The van der Waals surface area contributed by atoms with Gasteiger partial charge in [0, 0.05) is 5.56 Å². The minimum absolute atomic E-state index is 0.175. The van der Waals surface area contributed by atoms with Crippen molar-refractivity contribution in [2.45, 2.75) is 13.8 Å². The minimum Gasteiger partial charge on any atom is -0.484 e. The predicted molar refractivity (Wildman–Crippen MR) is 132 cm³/mol. The first-order chi connectivity index (χ1) is 16.5. The van der Waals surface area contributed by atoms with Crippen LogP contribution in [-0.2, 0) is 4.79 Å². The van der Waals surface area contributed by atoms with Gasteiger partial charge in [0.1, 0.15) is 11.5 Å². The van der Waals surface area contributed by atoms with E-state index in [9.17, 15) is 9.59 Å². The van der Waals surface area contributed by atoms with E-state index in [0.717, 1.165) is 21.9 Å². The van der Waals surface area contributed by atoms with Crippen molar-refractivity contribution < 1.29 is 19.1 Å². The number of nitrogens with one attached hydrogen (secondary N) is 1. The molecule has 0 aliphatic heterocycles. The van der Waals surface area contributed by atoms with E-state index in [0.29, 0.717) is 22.6 Å². The van der Waals surface area contributed by atoms with Crippen LogP contribution in [0.5, 0.6) is 11.5 Å². The number of benzene rings is 4. The van der Waals surface area contributed by atoms with Gasteiger partial charge in [0.05, 0.1) is 11.8 Å². The van der Waals surface area contributed by atoms with Gasteiger partial charge in [0.2, 0.25) is 0 Å². The number of carbonyl (C=O) groups is 2. The maximum atomic E-state index is 12.7. The van der Waals surface area contributed by atoms with Crippen LogP contribution < -0.4 is 14.9 Å². The first-order valence-corrected chi connectivity index (χ1v) is 10.8. The fraction of sp³-hybridized carbons (Fsp3) is 0.107. The van der Waals surface area contributed by atoms with E-state index >= 15 is 0 Å². The van der Waals surface area contributed by atoms with Gasteiger partial charge in [-0.2, -0.15) is 5.10 Å². The number of nitrogens with zero attached hydrogens (tertiary/aromatic N) is 1. The first-order valence-electron chi connectivity index (χ1n) is 10.8. The normalized spacial score (nSPS) is 10.9. The number of carbonyl (C=O) groups excluding carboxylic acids is 2. The third kappa shape index (κ3) is 5.66. The Bertz CT molecular complexity index is 1340. The molecular weight excluding hydrogens is 428 g/mol. The molecule has 1 amide bonds. The highest BCUT2D eigenvalue weighted by Gasteiger charge is 2.13. The predicted octanol–water partition coefficient (Wildman–Crippen LogP) is 5.20. The summed E-state index contributed by atoms with van der Waals surface area (Å²) < 4.78 is 11.2. The van der Waals surface area contributed by atoms with Crippen LogP contribution in [0, 0.1) is 13.8 Å². The van der Waals surface area contributed by atoms with E-state index in [-0.39, 0.29) is 6.61 Å². The molecule has 0 aliphatic rings. The summed E-state index contributed by atoms with van der Waals surface area (Å²) in [4.78, 5) is 24.9. The lowest BCUT2D eigenvalue weighted by Crippen LogP contribution is -2.24. The third-order valence-corrected chi connectivity index (χ3v) is 5.19. The van der Waals surface area contributed by atoms with Gasteiger partial charge < -0.3 is 9.47 Å². The Morgan fingerprint density at radius 3 is 2.26 bits per heavy atom. The standard InChI is InChI=1S/C28H24N2O4/c1-19-7-11-22(12-8-19)28(32)34-26-16-13-21-5-3-4-6-24(21)25(26)17-29-30-27(31)18-33-23-14-9-20(2)10-15-23/h3-17H,18H2,1-2H3,(H,30,31)/b29-17+. The van der Waals surface area contributed by atoms with Gasteiger partial charge in [-0.1, -0.05) is 65.7 Å². The second-order valence-electron chi connectivity index (χ2n) is 7.85. The summed E-state index contributed by atoms with van der Waals surface area (Å²) in [5, 5.41) is 5.86. The molecule has 34 heavy (non-hydrogen) atoms. The van der Waals surface area contributed by atoms with Crippen LogP contribution in [0.25, 0.3) is 10.8 Å². The molecule has 0 saturated carbocycles. The van der Waals surface area contributed by atoms with Crippen LogP contribution in [0.4, 0.5) is 0 Å². The fourth-order valence-electron chi connectivity index (χ4n) is 3.33. The summed E-state index contributed by atoms with van der Waals surface area (Å²) in [5.41, 5.74) is 5.65. The van der Waals surface area contributed by atoms with Gasteiger partial charge in [-0.3, -0.25) is 4.79 Å². The van der Waals surface area contributed by atoms with Crippen LogP contribution in [0.15, 0.2) is 90.0 Å². The summed E-state index contributed by atoms with van der Waals surface area (Å²) in [7, 11) is 0. The van der Waals surface area contributed by atoms with Gasteiger partial charge >= 0.3 is 5.97 Å². The third-order valence-electron chi connectivity index (χ3n) is 5.19. The van der Waals surface area contributed by atoms with E-state index in [1.54, 1.807) is 30.3 Å². The highest BCUT2D eigenvalue weighted by atomic mass is 16.5. The molecular formula is C28H24N2O4. The maximum Gasteiger partial charge on any atom is 0.343 e. The van der Waals surface area contributed by atoms with E-state index in [4.69, 9.17) is 9.47 Å². The molecule has 4 aromatic rings. The number of amides is 1. The second-order valence-corrected chi connectivity index (χ2v) is 7.85. The summed E-state index contributed by atoms with van der Waals surface area (Å²) >= 11 is 0. The molecule has 0 aliphatic carbocycles. The van der Waals surface area contributed by atoms with E-state index in [1.165, 1.54) is 6.21 Å². The maximum absolute atomic E-state index is 12.7. The lowest BCUT2D eigenvalue weighted by Gasteiger charge is -2.11. The van der Waals surface area contributed by atoms with Crippen molar-refractivity contribution >= 4 is 28.9 Å². The fourth-order valence-corrected chi connectivity index (χ4v) is 3.33. The average molecular weight is 453 g/mol. The Kier molecular flexibility index (Phi) is 6.98. The smallest absolute Gasteiger partial charge is 0.343 e. The molecule has 4 aromatic carbocycles. The number of hydrogen-bond donors (Lipinski definition) is 1. The van der Waals surface area contributed by atoms with E-state index in [2.05, 4.69) is 10.5 Å².